The first kappa shape index (κ1) is 9.36. The molecule has 3 rings (SSSR count). The summed E-state index contributed by atoms with van der Waals surface area (Å²) in [6.07, 6.45) is 8.51. The lowest BCUT2D eigenvalue weighted by Crippen LogP contribution is -2.22. The molecule has 15 heavy (non-hydrogen) atoms. The van der Waals surface area contributed by atoms with E-state index in [-0.39, 0.29) is 5.54 Å². The van der Waals surface area contributed by atoms with E-state index in [2.05, 4.69) is 11.3 Å². The van der Waals surface area contributed by atoms with Gasteiger partial charge in [0, 0.05) is 23.9 Å². The minimum Gasteiger partial charge on any atom is -0.379 e. The molecule has 2 N–H and O–H groups in total. The normalized spacial score (nSPS) is 29.0. The third-order valence-corrected chi connectivity index (χ3v) is 3.48. The van der Waals surface area contributed by atoms with E-state index in [9.17, 15) is 0 Å². The first-order valence-corrected chi connectivity index (χ1v) is 5.69. The van der Waals surface area contributed by atoms with Crippen molar-refractivity contribution >= 4 is 0 Å². The first-order valence-electron chi connectivity index (χ1n) is 5.69. The van der Waals surface area contributed by atoms with E-state index in [1.54, 1.807) is 0 Å². The second-order valence-corrected chi connectivity index (χ2v) is 4.74. The number of nitrogens with zero attached hydrogens (tertiary/aromatic N) is 2. The zero-order valence-electron chi connectivity index (χ0n) is 8.85. The van der Waals surface area contributed by atoms with Gasteiger partial charge in [0.05, 0.1) is 18.8 Å². The van der Waals surface area contributed by atoms with Crippen LogP contribution in [0, 0.1) is 0 Å². The van der Waals surface area contributed by atoms with E-state index >= 15 is 0 Å². The lowest BCUT2D eigenvalue weighted by Gasteiger charge is -2.22. The van der Waals surface area contributed by atoms with Crippen molar-refractivity contribution in [2.24, 2.45) is 5.73 Å². The molecule has 82 valence electrons. The van der Waals surface area contributed by atoms with Crippen LogP contribution in [0.1, 0.15) is 37.3 Å². The molecule has 0 aromatic carbocycles. The number of hydrogen-bond acceptors (Lipinski definition) is 3. The van der Waals surface area contributed by atoms with Gasteiger partial charge < -0.3 is 10.5 Å². The largest absolute Gasteiger partial charge is 0.379 e. The average molecular weight is 207 g/mol. The molecular formula is C11H17N3O. The van der Waals surface area contributed by atoms with Gasteiger partial charge in [-0.15, -0.1) is 0 Å². The smallest absolute Gasteiger partial charge is 0.0753 e. The molecule has 0 bridgehead atoms. The maximum absolute atomic E-state index is 6.13. The monoisotopic (exact) mass is 207 g/mol. The van der Waals surface area contributed by atoms with Gasteiger partial charge in [0.2, 0.25) is 0 Å². The highest BCUT2D eigenvalue weighted by molar-refractivity contribution is 5.24. The van der Waals surface area contributed by atoms with Gasteiger partial charge in [0.1, 0.15) is 0 Å². The van der Waals surface area contributed by atoms with E-state index in [1.807, 2.05) is 10.9 Å². The van der Waals surface area contributed by atoms with E-state index in [4.69, 9.17) is 10.5 Å². The quantitative estimate of drug-likeness (QED) is 0.792. The molecule has 0 amide bonds. The van der Waals surface area contributed by atoms with Gasteiger partial charge in [-0.2, -0.15) is 5.10 Å². The van der Waals surface area contributed by atoms with Crippen LogP contribution in [0.2, 0.25) is 0 Å². The molecule has 1 unspecified atom stereocenters. The molecule has 1 aliphatic carbocycles. The minimum atomic E-state index is -0.0617. The van der Waals surface area contributed by atoms with Gasteiger partial charge in [-0.3, -0.25) is 4.68 Å². The Morgan fingerprint density at radius 3 is 3.07 bits per heavy atom. The summed E-state index contributed by atoms with van der Waals surface area (Å²) in [5, 5.41) is 4.40. The van der Waals surface area contributed by atoms with Gasteiger partial charge in [-0.1, -0.05) is 0 Å². The Balaban J connectivity index is 1.77. The molecule has 2 aliphatic rings. The van der Waals surface area contributed by atoms with Gasteiger partial charge in [-0.05, 0) is 25.7 Å². The molecular weight excluding hydrogens is 190 g/mol. The van der Waals surface area contributed by atoms with Gasteiger partial charge >= 0.3 is 0 Å². The summed E-state index contributed by atoms with van der Waals surface area (Å²) in [5.74, 6) is 0. The fourth-order valence-corrected chi connectivity index (χ4v) is 2.15. The lowest BCUT2D eigenvalue weighted by molar-refractivity contribution is 0.0549. The van der Waals surface area contributed by atoms with Crippen LogP contribution < -0.4 is 5.73 Å². The van der Waals surface area contributed by atoms with E-state index in [0.29, 0.717) is 6.04 Å². The predicted octanol–water partition coefficient (Wildman–Crippen LogP) is 1.18. The molecule has 0 radical (unpaired) electrons. The number of ether oxygens (including phenoxy) is 1. The molecule has 4 nitrogen and oxygen atoms in total. The van der Waals surface area contributed by atoms with Crippen molar-refractivity contribution in [3.8, 4) is 0 Å². The Kier molecular flexibility index (Phi) is 2.07. The molecule has 4 heteroatoms. The zero-order valence-corrected chi connectivity index (χ0v) is 8.85. The highest BCUT2D eigenvalue weighted by Gasteiger charge is 2.41. The van der Waals surface area contributed by atoms with Crippen LogP contribution in [0.15, 0.2) is 12.4 Å². The van der Waals surface area contributed by atoms with Crippen LogP contribution in [0.5, 0.6) is 0 Å². The van der Waals surface area contributed by atoms with Crippen molar-refractivity contribution in [3.63, 3.8) is 0 Å². The van der Waals surface area contributed by atoms with E-state index in [1.165, 1.54) is 12.0 Å². The van der Waals surface area contributed by atoms with Crippen molar-refractivity contribution in [1.82, 2.24) is 9.78 Å². The maximum Gasteiger partial charge on any atom is 0.0753 e. The summed E-state index contributed by atoms with van der Waals surface area (Å²) in [6, 6.07) is 0.412. The summed E-state index contributed by atoms with van der Waals surface area (Å²) in [5.41, 5.74) is 7.25. The second kappa shape index (κ2) is 3.32. The third-order valence-electron chi connectivity index (χ3n) is 3.48. The third kappa shape index (κ3) is 1.68. The molecule has 1 saturated heterocycles. The van der Waals surface area contributed by atoms with Crippen LogP contribution in [-0.2, 0) is 10.3 Å². The zero-order chi connectivity index (χ0) is 10.3. The predicted molar refractivity (Wildman–Crippen MR) is 56.4 cm³/mol. The van der Waals surface area contributed by atoms with Crippen molar-refractivity contribution in [1.29, 1.82) is 0 Å². The van der Waals surface area contributed by atoms with E-state index < -0.39 is 0 Å². The number of aromatic nitrogens is 2. The average Bonchev–Trinajstić information content (AvgIpc) is 2.85. The summed E-state index contributed by atoms with van der Waals surface area (Å²) in [6.45, 7) is 1.68. The summed E-state index contributed by atoms with van der Waals surface area (Å²) >= 11 is 0. The van der Waals surface area contributed by atoms with Crippen LogP contribution >= 0.6 is 0 Å². The highest BCUT2D eigenvalue weighted by atomic mass is 16.5. The summed E-state index contributed by atoms with van der Waals surface area (Å²) in [4.78, 5) is 0. The topological polar surface area (TPSA) is 53.1 Å². The Morgan fingerprint density at radius 2 is 2.40 bits per heavy atom. The molecule has 2 fully saturated rings. The van der Waals surface area contributed by atoms with Crippen LogP contribution in [-0.4, -0.2) is 23.0 Å². The fourth-order valence-electron chi connectivity index (χ4n) is 2.15. The summed E-state index contributed by atoms with van der Waals surface area (Å²) < 4.78 is 7.48. The highest BCUT2D eigenvalue weighted by Crippen LogP contribution is 2.42. The molecule has 1 aliphatic heterocycles. The Hall–Kier alpha value is -0.870. The Labute approximate surface area is 89.4 Å². The molecule has 1 aromatic heterocycles. The lowest BCUT2D eigenvalue weighted by atomic mass is 10.1. The van der Waals surface area contributed by atoms with Crippen molar-refractivity contribution < 1.29 is 4.74 Å². The van der Waals surface area contributed by atoms with E-state index in [0.717, 1.165) is 32.5 Å². The standard InChI is InChI=1S/C11H17N3O/c12-11(3-4-11)9-6-13-14(7-9)10-2-1-5-15-8-10/h6-7,10H,1-5,8,12H2. The van der Waals surface area contributed by atoms with Crippen LogP contribution in [0.4, 0.5) is 0 Å². The van der Waals surface area contributed by atoms with Crippen molar-refractivity contribution in [2.75, 3.05) is 13.2 Å². The summed E-state index contributed by atoms with van der Waals surface area (Å²) in [7, 11) is 0. The molecule has 1 aromatic rings. The molecule has 0 spiro atoms. The minimum absolute atomic E-state index is 0.0617. The Morgan fingerprint density at radius 1 is 1.53 bits per heavy atom. The van der Waals surface area contributed by atoms with Gasteiger partial charge in [-0.25, -0.2) is 0 Å². The SMILES string of the molecule is NC1(c2cnn(C3CCCOC3)c2)CC1. The van der Waals surface area contributed by atoms with Crippen molar-refractivity contribution in [2.45, 2.75) is 37.3 Å². The molecule has 2 heterocycles. The second-order valence-electron chi connectivity index (χ2n) is 4.74. The number of nitrogens with two attached hydrogens (primary N) is 1. The molecule has 1 atom stereocenters. The van der Waals surface area contributed by atoms with Crippen molar-refractivity contribution in [3.05, 3.63) is 18.0 Å². The molecule has 1 saturated carbocycles. The Bertz CT molecular complexity index is 350. The van der Waals surface area contributed by atoms with Gasteiger partial charge in [0.25, 0.3) is 0 Å². The number of hydrogen-bond donors (Lipinski definition) is 1. The first-order chi connectivity index (χ1) is 7.28. The van der Waals surface area contributed by atoms with Crippen LogP contribution in [0.3, 0.4) is 0 Å². The van der Waals surface area contributed by atoms with Gasteiger partial charge in [0.15, 0.2) is 0 Å². The fraction of sp³-hybridized carbons (Fsp3) is 0.727. The van der Waals surface area contributed by atoms with Crippen LogP contribution in [0.25, 0.3) is 0 Å². The maximum atomic E-state index is 6.13. The number of rotatable bonds is 2.